The van der Waals surface area contributed by atoms with Gasteiger partial charge >= 0.3 is 0 Å². The smallest absolute Gasteiger partial charge is 0.0770 e. The highest BCUT2D eigenvalue weighted by molar-refractivity contribution is 9.11. The second-order valence-corrected chi connectivity index (χ2v) is 6.60. The summed E-state index contributed by atoms with van der Waals surface area (Å²) in [5, 5.41) is 16.1. The van der Waals surface area contributed by atoms with Gasteiger partial charge in [0.2, 0.25) is 0 Å². The number of nitrogens with zero attached hydrogens (tertiary/aromatic N) is 2. The van der Waals surface area contributed by atoms with Crippen LogP contribution >= 0.6 is 27.3 Å². The Morgan fingerprint density at radius 3 is 3.12 bits per heavy atom. The van der Waals surface area contributed by atoms with Crippen molar-refractivity contribution in [1.29, 1.82) is 0 Å². The molecule has 3 aromatic rings. The van der Waals surface area contributed by atoms with Gasteiger partial charge in [-0.15, -0.1) is 11.3 Å². The second kappa shape index (κ2) is 4.08. The molecular weight excluding hydrogens is 300 g/mol. The zero-order valence-electron chi connectivity index (χ0n) is 9.22. The van der Waals surface area contributed by atoms with Crippen LogP contribution in [0.2, 0.25) is 0 Å². The number of fused-ring (bicyclic) bond motifs is 3. The van der Waals surface area contributed by atoms with Gasteiger partial charge in [-0.2, -0.15) is 5.10 Å². The largest absolute Gasteiger partial charge is 0.391 e. The predicted octanol–water partition coefficient (Wildman–Crippen LogP) is 3.39. The molecule has 3 rings (SSSR count). The molecule has 1 N–H and O–H groups in total. The van der Waals surface area contributed by atoms with Gasteiger partial charge in [-0.25, -0.2) is 0 Å². The monoisotopic (exact) mass is 310 g/mol. The summed E-state index contributed by atoms with van der Waals surface area (Å²) < 4.78 is 4.23. The van der Waals surface area contributed by atoms with E-state index in [1.165, 1.54) is 10.1 Å². The van der Waals surface area contributed by atoms with E-state index in [1.807, 2.05) is 10.9 Å². The van der Waals surface area contributed by atoms with Crippen LogP contribution in [-0.4, -0.2) is 21.0 Å². The quantitative estimate of drug-likeness (QED) is 0.788. The lowest BCUT2D eigenvalue weighted by molar-refractivity contribution is 0.170. The number of rotatable bonds is 2. The number of aliphatic hydroxyl groups is 1. The van der Waals surface area contributed by atoms with Crippen LogP contribution in [0.25, 0.3) is 21.0 Å². The molecule has 0 spiro atoms. The minimum atomic E-state index is -0.393. The number of aromatic nitrogens is 2. The lowest BCUT2D eigenvalue weighted by Crippen LogP contribution is -2.12. The minimum Gasteiger partial charge on any atom is -0.391 e. The van der Waals surface area contributed by atoms with Crippen LogP contribution in [0.15, 0.2) is 28.2 Å². The summed E-state index contributed by atoms with van der Waals surface area (Å²) in [6.45, 7) is 2.30. The molecule has 0 aliphatic rings. The van der Waals surface area contributed by atoms with Crippen LogP contribution in [0.4, 0.5) is 0 Å². The average Bonchev–Trinajstić information content (AvgIpc) is 2.79. The maximum absolute atomic E-state index is 9.49. The van der Waals surface area contributed by atoms with E-state index >= 15 is 0 Å². The molecule has 2 heterocycles. The Balaban J connectivity index is 2.33. The molecule has 0 radical (unpaired) electrons. The Kier molecular flexibility index (Phi) is 2.69. The third-order valence-corrected chi connectivity index (χ3v) is 4.31. The highest BCUT2D eigenvalue weighted by Crippen LogP contribution is 2.34. The van der Waals surface area contributed by atoms with E-state index in [4.69, 9.17) is 0 Å². The standard InChI is InChI=1S/C12H11BrN2OS/c1-7(16)6-15-12-8(5-14-15)2-3-10-9(12)4-11(13)17-10/h2-5,7,16H,6H2,1H3. The lowest BCUT2D eigenvalue weighted by Gasteiger charge is -2.06. The van der Waals surface area contributed by atoms with E-state index < -0.39 is 6.10 Å². The van der Waals surface area contributed by atoms with Crippen LogP contribution in [0.3, 0.4) is 0 Å². The molecule has 88 valence electrons. The van der Waals surface area contributed by atoms with Gasteiger partial charge in [-0.1, -0.05) is 0 Å². The Hall–Kier alpha value is -0.910. The summed E-state index contributed by atoms with van der Waals surface area (Å²) in [6.07, 6.45) is 1.46. The minimum absolute atomic E-state index is 0.393. The van der Waals surface area contributed by atoms with Crippen molar-refractivity contribution >= 4 is 48.3 Å². The summed E-state index contributed by atoms with van der Waals surface area (Å²) in [5.41, 5.74) is 1.10. The number of benzene rings is 1. The van der Waals surface area contributed by atoms with Crippen molar-refractivity contribution < 1.29 is 5.11 Å². The van der Waals surface area contributed by atoms with Crippen molar-refractivity contribution in [2.45, 2.75) is 19.6 Å². The van der Waals surface area contributed by atoms with E-state index in [-0.39, 0.29) is 0 Å². The average molecular weight is 311 g/mol. The number of halogens is 1. The summed E-state index contributed by atoms with van der Waals surface area (Å²) >= 11 is 5.22. The molecule has 1 unspecified atom stereocenters. The summed E-state index contributed by atoms with van der Waals surface area (Å²) in [6, 6.07) is 6.30. The fourth-order valence-corrected chi connectivity index (χ4v) is 3.59. The first-order valence-corrected chi connectivity index (χ1v) is 6.98. The highest BCUT2D eigenvalue weighted by atomic mass is 79.9. The van der Waals surface area contributed by atoms with Crippen LogP contribution in [0, 0.1) is 0 Å². The van der Waals surface area contributed by atoms with Gasteiger partial charge in [0.1, 0.15) is 0 Å². The van der Waals surface area contributed by atoms with Gasteiger partial charge in [0.25, 0.3) is 0 Å². The number of hydrogen-bond acceptors (Lipinski definition) is 3. The van der Waals surface area contributed by atoms with Crippen molar-refractivity contribution in [3.63, 3.8) is 0 Å². The number of hydrogen-bond donors (Lipinski definition) is 1. The molecular formula is C12H11BrN2OS. The molecule has 5 heteroatoms. The summed E-state index contributed by atoms with van der Waals surface area (Å²) in [7, 11) is 0. The number of aliphatic hydroxyl groups excluding tert-OH is 1. The van der Waals surface area contributed by atoms with E-state index in [0.29, 0.717) is 6.54 Å². The Labute approximate surface area is 111 Å². The zero-order chi connectivity index (χ0) is 12.0. The van der Waals surface area contributed by atoms with Crippen LogP contribution < -0.4 is 0 Å². The fourth-order valence-electron chi connectivity index (χ4n) is 2.05. The Morgan fingerprint density at radius 1 is 1.53 bits per heavy atom. The van der Waals surface area contributed by atoms with Crippen LogP contribution in [0.5, 0.6) is 0 Å². The van der Waals surface area contributed by atoms with E-state index in [0.717, 1.165) is 14.7 Å². The molecule has 0 aliphatic carbocycles. The maximum Gasteiger partial charge on any atom is 0.0770 e. The molecule has 1 aromatic carbocycles. The van der Waals surface area contributed by atoms with Gasteiger partial charge in [0.05, 0.1) is 28.1 Å². The van der Waals surface area contributed by atoms with Gasteiger partial charge < -0.3 is 5.11 Å². The molecule has 0 saturated heterocycles. The van der Waals surface area contributed by atoms with E-state index in [9.17, 15) is 5.11 Å². The predicted molar refractivity (Wildman–Crippen MR) is 74.5 cm³/mol. The zero-order valence-corrected chi connectivity index (χ0v) is 11.6. The second-order valence-electron chi connectivity index (χ2n) is 4.14. The van der Waals surface area contributed by atoms with Gasteiger partial charge in [0.15, 0.2) is 0 Å². The number of thiophene rings is 1. The molecule has 0 bridgehead atoms. The third-order valence-electron chi connectivity index (χ3n) is 2.71. The molecule has 1 atom stereocenters. The normalized spacial score (nSPS) is 13.6. The molecule has 0 amide bonds. The highest BCUT2D eigenvalue weighted by Gasteiger charge is 2.10. The summed E-state index contributed by atoms with van der Waals surface area (Å²) in [5.74, 6) is 0. The van der Waals surface area contributed by atoms with E-state index in [1.54, 1.807) is 18.3 Å². The van der Waals surface area contributed by atoms with Crippen LogP contribution in [-0.2, 0) is 6.54 Å². The molecule has 2 aromatic heterocycles. The van der Waals surface area contributed by atoms with Crippen LogP contribution in [0.1, 0.15) is 6.92 Å². The van der Waals surface area contributed by atoms with Crippen molar-refractivity contribution in [2.24, 2.45) is 0 Å². The first-order chi connectivity index (χ1) is 8.15. The van der Waals surface area contributed by atoms with Crippen molar-refractivity contribution in [3.8, 4) is 0 Å². The molecule has 3 nitrogen and oxygen atoms in total. The molecule has 0 saturated carbocycles. The van der Waals surface area contributed by atoms with Crippen molar-refractivity contribution in [1.82, 2.24) is 9.78 Å². The SMILES string of the molecule is CC(O)Cn1ncc2ccc3sc(Br)cc3c21. The van der Waals surface area contributed by atoms with Gasteiger partial charge in [-0.05, 0) is 41.1 Å². The van der Waals surface area contributed by atoms with Gasteiger partial charge in [-0.3, -0.25) is 4.68 Å². The maximum atomic E-state index is 9.49. The Bertz CT molecular complexity index is 686. The molecule has 17 heavy (non-hydrogen) atoms. The topological polar surface area (TPSA) is 38.0 Å². The first kappa shape index (κ1) is 11.2. The fraction of sp³-hybridized carbons (Fsp3) is 0.250. The third kappa shape index (κ3) is 1.88. The molecule has 0 fully saturated rings. The first-order valence-electron chi connectivity index (χ1n) is 5.37. The summed E-state index contributed by atoms with van der Waals surface area (Å²) in [4.78, 5) is 0. The van der Waals surface area contributed by atoms with Crippen molar-refractivity contribution in [3.05, 3.63) is 28.2 Å². The molecule has 0 aliphatic heterocycles. The van der Waals surface area contributed by atoms with Gasteiger partial charge in [0, 0.05) is 15.5 Å². The van der Waals surface area contributed by atoms with E-state index in [2.05, 4.69) is 39.2 Å². The Morgan fingerprint density at radius 2 is 2.35 bits per heavy atom. The lowest BCUT2D eigenvalue weighted by atomic mass is 10.2. The van der Waals surface area contributed by atoms with Crippen molar-refractivity contribution in [2.75, 3.05) is 0 Å².